The van der Waals surface area contributed by atoms with E-state index >= 15 is 0 Å². The Morgan fingerprint density at radius 1 is 1.36 bits per heavy atom. The minimum atomic E-state index is -0.929. The number of anilines is 1. The van der Waals surface area contributed by atoms with Crippen LogP contribution in [-0.4, -0.2) is 40.9 Å². The standard InChI is InChI=1S/C14H17N3O5/c1-9(13(18)16-6-2-3-7-16)22-14(19)10-4-5-11(15)12(8-10)17(20)21/h4-5,8-9H,2-3,6-7,15H2,1H3/t9-/m0/s1. The van der Waals surface area contributed by atoms with Gasteiger partial charge in [-0.1, -0.05) is 0 Å². The topological polar surface area (TPSA) is 116 Å². The summed E-state index contributed by atoms with van der Waals surface area (Å²) in [6, 6.07) is 3.64. The second-order valence-electron chi connectivity index (χ2n) is 5.11. The van der Waals surface area contributed by atoms with Crippen LogP contribution in [-0.2, 0) is 9.53 Å². The summed E-state index contributed by atoms with van der Waals surface area (Å²) >= 11 is 0. The van der Waals surface area contributed by atoms with Gasteiger partial charge in [0.2, 0.25) is 0 Å². The number of hydrogen-bond donors (Lipinski definition) is 1. The average molecular weight is 307 g/mol. The third-order valence-corrected chi connectivity index (χ3v) is 3.51. The molecule has 1 aromatic rings. The van der Waals surface area contributed by atoms with Gasteiger partial charge in [-0.15, -0.1) is 0 Å². The van der Waals surface area contributed by atoms with Gasteiger partial charge in [0.25, 0.3) is 11.6 Å². The molecule has 0 bridgehead atoms. The zero-order chi connectivity index (χ0) is 16.3. The number of ether oxygens (including phenoxy) is 1. The molecule has 0 saturated carbocycles. The van der Waals surface area contributed by atoms with Gasteiger partial charge >= 0.3 is 5.97 Å². The molecule has 0 unspecified atom stereocenters. The lowest BCUT2D eigenvalue weighted by molar-refractivity contribution is -0.383. The van der Waals surface area contributed by atoms with Crippen LogP contribution in [0.2, 0.25) is 0 Å². The van der Waals surface area contributed by atoms with Crippen molar-refractivity contribution in [1.29, 1.82) is 0 Å². The lowest BCUT2D eigenvalue weighted by atomic mass is 10.2. The van der Waals surface area contributed by atoms with Crippen molar-refractivity contribution in [3.05, 3.63) is 33.9 Å². The molecule has 2 rings (SSSR count). The lowest BCUT2D eigenvalue weighted by Gasteiger charge is -2.20. The van der Waals surface area contributed by atoms with Crippen LogP contribution < -0.4 is 5.73 Å². The number of benzene rings is 1. The van der Waals surface area contributed by atoms with E-state index in [0.29, 0.717) is 13.1 Å². The molecular weight excluding hydrogens is 290 g/mol. The Morgan fingerprint density at radius 3 is 2.59 bits per heavy atom. The van der Waals surface area contributed by atoms with Gasteiger partial charge in [0.05, 0.1) is 10.5 Å². The average Bonchev–Trinajstić information content (AvgIpc) is 3.00. The fraction of sp³-hybridized carbons (Fsp3) is 0.429. The predicted molar refractivity (Wildman–Crippen MR) is 78.2 cm³/mol. The smallest absolute Gasteiger partial charge is 0.339 e. The number of nitro groups is 1. The van der Waals surface area contributed by atoms with Crippen LogP contribution in [0.15, 0.2) is 18.2 Å². The van der Waals surface area contributed by atoms with Gasteiger partial charge in [-0.3, -0.25) is 14.9 Å². The first-order valence-corrected chi connectivity index (χ1v) is 6.94. The van der Waals surface area contributed by atoms with Gasteiger partial charge in [-0.05, 0) is 31.9 Å². The fourth-order valence-electron chi connectivity index (χ4n) is 2.30. The van der Waals surface area contributed by atoms with Crippen LogP contribution in [0.25, 0.3) is 0 Å². The second kappa shape index (κ2) is 6.42. The highest BCUT2D eigenvalue weighted by atomic mass is 16.6. The molecule has 1 aliphatic rings. The molecule has 0 aliphatic carbocycles. The molecule has 118 valence electrons. The van der Waals surface area contributed by atoms with E-state index in [9.17, 15) is 19.7 Å². The maximum atomic E-state index is 12.1. The molecule has 22 heavy (non-hydrogen) atoms. The molecule has 1 fully saturated rings. The van der Waals surface area contributed by atoms with Crippen molar-refractivity contribution in [2.75, 3.05) is 18.8 Å². The maximum absolute atomic E-state index is 12.1. The molecule has 8 heteroatoms. The van der Waals surface area contributed by atoms with Crippen molar-refractivity contribution >= 4 is 23.3 Å². The van der Waals surface area contributed by atoms with E-state index in [-0.39, 0.29) is 22.8 Å². The van der Waals surface area contributed by atoms with Gasteiger partial charge in [0, 0.05) is 19.2 Å². The van der Waals surface area contributed by atoms with Gasteiger partial charge in [-0.2, -0.15) is 0 Å². The third-order valence-electron chi connectivity index (χ3n) is 3.51. The molecule has 2 N–H and O–H groups in total. The van der Waals surface area contributed by atoms with Crippen molar-refractivity contribution in [3.8, 4) is 0 Å². The first-order valence-electron chi connectivity index (χ1n) is 6.94. The molecule has 1 aromatic carbocycles. The number of amides is 1. The summed E-state index contributed by atoms with van der Waals surface area (Å²) in [5.74, 6) is -1.04. The van der Waals surface area contributed by atoms with Crippen LogP contribution in [0, 0.1) is 10.1 Å². The molecule has 0 spiro atoms. The van der Waals surface area contributed by atoms with Crippen molar-refractivity contribution in [3.63, 3.8) is 0 Å². The van der Waals surface area contributed by atoms with Gasteiger partial charge in [0.15, 0.2) is 6.10 Å². The van der Waals surface area contributed by atoms with Crippen LogP contribution >= 0.6 is 0 Å². The minimum Gasteiger partial charge on any atom is -0.449 e. The SMILES string of the molecule is C[C@H](OC(=O)c1ccc(N)c([N+](=O)[O-])c1)C(=O)N1CCCC1. The van der Waals surface area contributed by atoms with Gasteiger partial charge in [-0.25, -0.2) is 4.79 Å². The number of esters is 1. The zero-order valence-corrected chi connectivity index (χ0v) is 12.2. The number of carbonyl (C=O) groups excluding carboxylic acids is 2. The lowest BCUT2D eigenvalue weighted by Crippen LogP contribution is -2.38. The van der Waals surface area contributed by atoms with E-state index < -0.39 is 17.0 Å². The van der Waals surface area contributed by atoms with E-state index in [1.165, 1.54) is 19.1 Å². The van der Waals surface area contributed by atoms with Crippen LogP contribution in [0.5, 0.6) is 0 Å². The molecule has 1 aliphatic heterocycles. The molecular formula is C14H17N3O5. The highest BCUT2D eigenvalue weighted by Gasteiger charge is 2.27. The highest BCUT2D eigenvalue weighted by Crippen LogP contribution is 2.23. The van der Waals surface area contributed by atoms with Gasteiger partial charge in [0.1, 0.15) is 5.69 Å². The number of likely N-dealkylation sites (tertiary alicyclic amines) is 1. The van der Waals surface area contributed by atoms with Crippen molar-refractivity contribution < 1.29 is 19.2 Å². The minimum absolute atomic E-state index is 0.0121. The Bertz CT molecular complexity index is 610. The quantitative estimate of drug-likeness (QED) is 0.388. The largest absolute Gasteiger partial charge is 0.449 e. The number of nitrogen functional groups attached to an aromatic ring is 1. The highest BCUT2D eigenvalue weighted by molar-refractivity contribution is 5.93. The van der Waals surface area contributed by atoms with Crippen LogP contribution in [0.1, 0.15) is 30.1 Å². The van der Waals surface area contributed by atoms with E-state index in [1.54, 1.807) is 4.90 Å². The van der Waals surface area contributed by atoms with E-state index in [0.717, 1.165) is 18.9 Å². The maximum Gasteiger partial charge on any atom is 0.339 e. The second-order valence-corrected chi connectivity index (χ2v) is 5.11. The molecule has 0 radical (unpaired) electrons. The predicted octanol–water partition coefficient (Wildman–Crippen LogP) is 1.34. The Labute approximate surface area is 127 Å². The number of rotatable bonds is 4. The Morgan fingerprint density at radius 2 is 2.00 bits per heavy atom. The summed E-state index contributed by atoms with van der Waals surface area (Å²) in [5, 5.41) is 10.8. The van der Waals surface area contributed by atoms with Crippen LogP contribution in [0.4, 0.5) is 11.4 Å². The van der Waals surface area contributed by atoms with E-state index in [2.05, 4.69) is 0 Å². The summed E-state index contributed by atoms with van der Waals surface area (Å²) in [6.07, 6.45) is 0.954. The summed E-state index contributed by atoms with van der Waals surface area (Å²) in [6.45, 7) is 2.81. The first-order chi connectivity index (χ1) is 10.4. The van der Waals surface area contributed by atoms with Crippen molar-refractivity contribution in [2.45, 2.75) is 25.9 Å². The van der Waals surface area contributed by atoms with E-state index in [1.807, 2.05) is 0 Å². The summed E-state index contributed by atoms with van der Waals surface area (Å²) < 4.78 is 5.09. The Kier molecular flexibility index (Phi) is 4.59. The number of nitrogens with two attached hydrogens (primary N) is 1. The molecule has 1 atom stereocenters. The van der Waals surface area contributed by atoms with Crippen LogP contribution in [0.3, 0.4) is 0 Å². The molecule has 1 amide bonds. The van der Waals surface area contributed by atoms with E-state index in [4.69, 9.17) is 10.5 Å². The summed E-state index contributed by atoms with van der Waals surface area (Å²) in [4.78, 5) is 35.8. The molecule has 8 nitrogen and oxygen atoms in total. The molecule has 0 aromatic heterocycles. The third kappa shape index (κ3) is 3.33. The zero-order valence-electron chi connectivity index (χ0n) is 12.2. The Balaban J connectivity index is 2.07. The Hall–Kier alpha value is -2.64. The van der Waals surface area contributed by atoms with Gasteiger partial charge < -0.3 is 15.4 Å². The number of nitro benzene ring substituents is 1. The van der Waals surface area contributed by atoms with Crippen molar-refractivity contribution in [1.82, 2.24) is 4.90 Å². The molecule has 1 saturated heterocycles. The fourth-order valence-corrected chi connectivity index (χ4v) is 2.30. The normalized spacial score (nSPS) is 15.4. The van der Waals surface area contributed by atoms with Crippen molar-refractivity contribution in [2.24, 2.45) is 0 Å². The summed E-state index contributed by atoms with van der Waals surface area (Å²) in [5.41, 5.74) is 5.05. The monoisotopic (exact) mass is 307 g/mol. The molecule has 1 heterocycles. The first kappa shape index (κ1) is 15.7. The number of hydrogen-bond acceptors (Lipinski definition) is 6. The number of nitrogens with zero attached hydrogens (tertiary/aromatic N) is 2. The number of carbonyl (C=O) groups is 2. The summed E-state index contributed by atoms with van der Waals surface area (Å²) in [7, 11) is 0.